The summed E-state index contributed by atoms with van der Waals surface area (Å²) in [5, 5.41) is 5.86. The third-order valence-electron chi connectivity index (χ3n) is 4.67. The lowest BCUT2D eigenvalue weighted by atomic mass is 10.1. The highest BCUT2D eigenvalue weighted by Gasteiger charge is 2.18. The topological polar surface area (TPSA) is 93.1 Å². The third kappa shape index (κ3) is 3.61. The lowest BCUT2D eigenvalue weighted by molar-refractivity contribution is -0.122. The van der Waals surface area contributed by atoms with E-state index >= 15 is 0 Å². The maximum Gasteiger partial charge on any atom is 0.261 e. The van der Waals surface area contributed by atoms with Gasteiger partial charge in [0.05, 0.1) is 10.9 Å². The number of carbonyl (C=O) groups is 2. The molecule has 0 fully saturated rings. The summed E-state index contributed by atoms with van der Waals surface area (Å²) in [5.41, 5.74) is 0.870. The molecule has 0 unspecified atom stereocenters. The molecule has 1 aliphatic rings. The Labute approximate surface area is 151 Å². The van der Waals surface area contributed by atoms with E-state index in [1.165, 1.54) is 0 Å². The molecule has 0 saturated heterocycles. The minimum absolute atomic E-state index is 0.0467. The average molecular weight is 356 g/mol. The van der Waals surface area contributed by atoms with Crippen LogP contribution in [0.15, 0.2) is 23.0 Å². The fraction of sp³-hybridized carbons (Fsp3) is 0.474. The van der Waals surface area contributed by atoms with E-state index in [1.54, 1.807) is 29.7 Å². The summed E-state index contributed by atoms with van der Waals surface area (Å²) in [7, 11) is 0. The minimum Gasteiger partial charge on any atom is -0.355 e. The second kappa shape index (κ2) is 7.68. The van der Waals surface area contributed by atoms with Gasteiger partial charge >= 0.3 is 0 Å². The van der Waals surface area contributed by atoms with Crippen molar-refractivity contribution in [2.75, 3.05) is 6.54 Å². The van der Waals surface area contributed by atoms with E-state index in [9.17, 15) is 14.4 Å². The number of aryl methyl sites for hydroxylation is 1. The molecule has 2 N–H and O–H groups in total. The van der Waals surface area contributed by atoms with Crippen LogP contribution in [0.25, 0.3) is 10.9 Å². The van der Waals surface area contributed by atoms with Crippen LogP contribution >= 0.6 is 0 Å². The quantitative estimate of drug-likeness (QED) is 0.865. The van der Waals surface area contributed by atoms with Crippen molar-refractivity contribution in [3.8, 4) is 0 Å². The van der Waals surface area contributed by atoms with Crippen molar-refractivity contribution in [2.45, 2.75) is 52.1 Å². The molecule has 1 aromatic heterocycles. The molecular weight excluding hydrogens is 332 g/mol. The average Bonchev–Trinajstić information content (AvgIpc) is 2.87. The van der Waals surface area contributed by atoms with Crippen LogP contribution in [0.1, 0.15) is 49.3 Å². The highest BCUT2D eigenvalue weighted by Crippen LogP contribution is 2.16. The molecule has 138 valence electrons. The maximum atomic E-state index is 12.7. The maximum absolute atomic E-state index is 12.7. The number of rotatable bonds is 4. The molecule has 0 bridgehead atoms. The van der Waals surface area contributed by atoms with Crippen molar-refractivity contribution in [1.29, 1.82) is 0 Å². The van der Waals surface area contributed by atoms with Crippen molar-refractivity contribution in [3.05, 3.63) is 39.9 Å². The van der Waals surface area contributed by atoms with E-state index in [4.69, 9.17) is 0 Å². The standard InChI is InChI=1S/C19H24N4O3/c1-3-20-17(24)12(2)21-18(25)13-8-9-14-15(11-13)22-16-7-5-4-6-10-23(16)19(14)26/h8-9,11-12H,3-7,10H2,1-2H3,(H,20,24)(H,21,25)/t12-/m0/s1. The first-order valence-corrected chi connectivity index (χ1v) is 9.13. The number of nitrogens with zero attached hydrogens (tertiary/aromatic N) is 2. The Morgan fingerprint density at radius 2 is 2.08 bits per heavy atom. The predicted octanol–water partition coefficient (Wildman–Crippen LogP) is 1.38. The van der Waals surface area contributed by atoms with Gasteiger partial charge in [-0.1, -0.05) is 6.42 Å². The van der Waals surface area contributed by atoms with E-state index in [0.29, 0.717) is 29.6 Å². The van der Waals surface area contributed by atoms with Gasteiger partial charge in [0.2, 0.25) is 5.91 Å². The Bertz CT molecular complexity index is 904. The van der Waals surface area contributed by atoms with Crippen LogP contribution in [0.2, 0.25) is 0 Å². The van der Waals surface area contributed by atoms with Crippen LogP contribution in [0.4, 0.5) is 0 Å². The molecule has 0 radical (unpaired) electrons. The Balaban J connectivity index is 1.90. The van der Waals surface area contributed by atoms with Gasteiger partial charge in [-0.15, -0.1) is 0 Å². The van der Waals surface area contributed by atoms with Gasteiger partial charge in [-0.2, -0.15) is 0 Å². The number of aromatic nitrogens is 2. The highest BCUT2D eigenvalue weighted by molar-refractivity contribution is 5.99. The number of benzene rings is 1. The van der Waals surface area contributed by atoms with Gasteiger partial charge < -0.3 is 10.6 Å². The lowest BCUT2D eigenvalue weighted by Crippen LogP contribution is -2.44. The lowest BCUT2D eigenvalue weighted by Gasteiger charge is -2.14. The zero-order valence-electron chi connectivity index (χ0n) is 15.2. The van der Waals surface area contributed by atoms with E-state index in [2.05, 4.69) is 15.6 Å². The van der Waals surface area contributed by atoms with Gasteiger partial charge in [0, 0.05) is 25.1 Å². The minimum atomic E-state index is -0.635. The SMILES string of the molecule is CCNC(=O)[C@H](C)NC(=O)c1ccc2c(=O)n3c(nc2c1)CCCCC3. The van der Waals surface area contributed by atoms with E-state index in [-0.39, 0.29) is 17.4 Å². The number of hydrogen-bond donors (Lipinski definition) is 2. The van der Waals surface area contributed by atoms with Crippen molar-refractivity contribution in [1.82, 2.24) is 20.2 Å². The molecule has 7 nitrogen and oxygen atoms in total. The third-order valence-corrected chi connectivity index (χ3v) is 4.67. The Morgan fingerprint density at radius 1 is 1.27 bits per heavy atom. The molecule has 2 amide bonds. The Morgan fingerprint density at radius 3 is 2.85 bits per heavy atom. The number of fused-ring (bicyclic) bond motifs is 2. The number of nitrogens with one attached hydrogen (secondary N) is 2. The van der Waals surface area contributed by atoms with Crippen molar-refractivity contribution in [3.63, 3.8) is 0 Å². The van der Waals surface area contributed by atoms with Crippen LogP contribution in [-0.2, 0) is 17.8 Å². The number of likely N-dealkylation sites (N-methyl/N-ethyl adjacent to an activating group) is 1. The first-order chi connectivity index (χ1) is 12.5. The second-order valence-corrected chi connectivity index (χ2v) is 6.62. The fourth-order valence-electron chi connectivity index (χ4n) is 3.23. The summed E-state index contributed by atoms with van der Waals surface area (Å²) in [6.07, 6.45) is 3.86. The number of carbonyl (C=O) groups excluding carboxylic acids is 2. The molecule has 1 aliphatic heterocycles. The molecule has 7 heteroatoms. The monoisotopic (exact) mass is 356 g/mol. The summed E-state index contributed by atoms with van der Waals surface area (Å²) in [5.74, 6) is 0.194. The first-order valence-electron chi connectivity index (χ1n) is 9.13. The smallest absolute Gasteiger partial charge is 0.261 e. The second-order valence-electron chi connectivity index (χ2n) is 6.62. The predicted molar refractivity (Wildman–Crippen MR) is 99.2 cm³/mol. The van der Waals surface area contributed by atoms with Crippen molar-refractivity contribution >= 4 is 22.7 Å². The molecule has 1 atom stereocenters. The summed E-state index contributed by atoms with van der Waals surface area (Å²) in [6, 6.07) is 4.25. The highest BCUT2D eigenvalue weighted by atomic mass is 16.2. The van der Waals surface area contributed by atoms with Crippen LogP contribution in [-0.4, -0.2) is 34.0 Å². The van der Waals surface area contributed by atoms with Gasteiger partial charge in [-0.3, -0.25) is 19.0 Å². The van der Waals surface area contributed by atoms with Crippen molar-refractivity contribution in [2.24, 2.45) is 0 Å². The normalized spacial score (nSPS) is 15.0. The van der Waals surface area contributed by atoms with Gasteiger partial charge in [0.1, 0.15) is 11.9 Å². The molecule has 2 heterocycles. The Hall–Kier alpha value is -2.70. The fourth-order valence-corrected chi connectivity index (χ4v) is 3.23. The molecule has 0 saturated carbocycles. The Kier molecular flexibility index (Phi) is 5.35. The molecule has 3 rings (SSSR count). The van der Waals surface area contributed by atoms with E-state index in [0.717, 1.165) is 31.5 Å². The summed E-state index contributed by atoms with van der Waals surface area (Å²) in [4.78, 5) is 41.6. The number of hydrogen-bond acceptors (Lipinski definition) is 4. The largest absolute Gasteiger partial charge is 0.355 e. The summed E-state index contributed by atoms with van der Waals surface area (Å²) >= 11 is 0. The van der Waals surface area contributed by atoms with Gasteiger partial charge in [0.15, 0.2) is 0 Å². The van der Waals surface area contributed by atoms with E-state index < -0.39 is 6.04 Å². The molecule has 1 aromatic carbocycles. The van der Waals surface area contributed by atoms with Crippen LogP contribution in [0.3, 0.4) is 0 Å². The van der Waals surface area contributed by atoms with Gasteiger partial charge in [0.25, 0.3) is 11.5 Å². The zero-order valence-corrected chi connectivity index (χ0v) is 15.2. The molecular formula is C19H24N4O3. The first kappa shape index (κ1) is 18.1. The zero-order chi connectivity index (χ0) is 18.7. The molecule has 0 spiro atoms. The summed E-state index contributed by atoms with van der Waals surface area (Å²) in [6.45, 7) is 4.66. The number of amides is 2. The molecule has 26 heavy (non-hydrogen) atoms. The van der Waals surface area contributed by atoms with Crippen LogP contribution in [0, 0.1) is 0 Å². The van der Waals surface area contributed by atoms with Gasteiger partial charge in [-0.05, 0) is 44.9 Å². The van der Waals surface area contributed by atoms with Crippen LogP contribution < -0.4 is 16.2 Å². The molecule has 2 aromatic rings. The summed E-state index contributed by atoms with van der Waals surface area (Å²) < 4.78 is 1.76. The van der Waals surface area contributed by atoms with E-state index in [1.807, 2.05) is 6.92 Å². The van der Waals surface area contributed by atoms with Crippen LogP contribution in [0.5, 0.6) is 0 Å². The molecule has 0 aliphatic carbocycles. The van der Waals surface area contributed by atoms with Crippen molar-refractivity contribution < 1.29 is 9.59 Å². The van der Waals surface area contributed by atoms with Gasteiger partial charge in [-0.25, -0.2) is 4.98 Å².